The Balaban J connectivity index is 1.48. The Labute approximate surface area is 193 Å². The number of ketones is 1. The second-order valence-corrected chi connectivity index (χ2v) is 9.85. The molecule has 0 amide bonds. The Hall–Kier alpha value is -2.18. The highest BCUT2D eigenvalue weighted by Gasteiger charge is 2.57. The van der Waals surface area contributed by atoms with Crippen molar-refractivity contribution < 1.29 is 23.9 Å². The van der Waals surface area contributed by atoms with Crippen molar-refractivity contribution in [3.8, 4) is 0 Å². The minimum absolute atomic E-state index is 0.0405. The van der Waals surface area contributed by atoms with Crippen LogP contribution in [-0.2, 0) is 30.3 Å². The van der Waals surface area contributed by atoms with Gasteiger partial charge >= 0.3 is 11.9 Å². The van der Waals surface area contributed by atoms with E-state index in [1.54, 1.807) is 6.92 Å². The number of rotatable bonds is 6. The van der Waals surface area contributed by atoms with Gasteiger partial charge in [0.2, 0.25) is 0 Å². The van der Waals surface area contributed by atoms with Crippen LogP contribution in [0.4, 0.5) is 0 Å². The molecule has 2 aliphatic carbocycles. The molecule has 2 fully saturated rings. The molecular weight excluding hydrogens is 430 g/mol. The predicted molar refractivity (Wildman–Crippen MR) is 120 cm³/mol. The molecule has 32 heavy (non-hydrogen) atoms. The molecule has 7 heteroatoms. The maximum Gasteiger partial charge on any atom is 0.311 e. The fourth-order valence-corrected chi connectivity index (χ4v) is 5.74. The second-order valence-electron chi connectivity index (χ2n) is 9.41. The molecule has 0 unspecified atom stereocenters. The van der Waals surface area contributed by atoms with Crippen LogP contribution in [0.25, 0.3) is 0 Å². The molecule has 1 saturated heterocycles. The van der Waals surface area contributed by atoms with Crippen molar-refractivity contribution in [1.82, 2.24) is 5.32 Å². The highest BCUT2D eigenvalue weighted by molar-refractivity contribution is 6.30. The first-order valence-corrected chi connectivity index (χ1v) is 11.7. The van der Waals surface area contributed by atoms with E-state index < -0.39 is 11.7 Å². The summed E-state index contributed by atoms with van der Waals surface area (Å²) in [7, 11) is 0. The highest BCUT2D eigenvalue weighted by Crippen LogP contribution is 2.52. The number of hydrogen-bond donors (Lipinski definition) is 1. The fraction of sp³-hybridized carbons (Fsp3) is 0.560. The van der Waals surface area contributed by atoms with E-state index in [0.29, 0.717) is 36.4 Å². The normalized spacial score (nSPS) is 31.8. The van der Waals surface area contributed by atoms with Gasteiger partial charge in [-0.1, -0.05) is 23.7 Å². The Morgan fingerprint density at radius 3 is 2.69 bits per heavy atom. The first-order valence-electron chi connectivity index (χ1n) is 11.3. The summed E-state index contributed by atoms with van der Waals surface area (Å²) < 4.78 is 11.6. The third-order valence-electron chi connectivity index (χ3n) is 7.33. The summed E-state index contributed by atoms with van der Waals surface area (Å²) in [5.41, 5.74) is 1.93. The van der Waals surface area contributed by atoms with Gasteiger partial charge in [-0.2, -0.15) is 0 Å². The standard InChI is InChI=1S/C25H30ClNO5/c1-14-21(29)12-20-22(14)23-18(8-10-25(20,3)32-15(2)28)19(24(30)31-23)13-27-11-9-16-4-6-17(26)7-5-16/h4-7,18-20,23,27H,8-13H2,1-3H3/t18-,19-,20+,23-,25+/m0/s1. The van der Waals surface area contributed by atoms with E-state index >= 15 is 0 Å². The SMILES string of the molecule is CC(=O)O[C@]1(C)CC[C@H]2[C@H](CNCCc3ccc(Cl)cc3)C(=O)O[C@@H]2C2=C(C)C(=O)C[C@H]21. The first-order chi connectivity index (χ1) is 15.2. The van der Waals surface area contributed by atoms with Gasteiger partial charge in [-0.05, 0) is 68.5 Å². The molecule has 3 aliphatic rings. The lowest BCUT2D eigenvalue weighted by atomic mass is 9.81. The Morgan fingerprint density at radius 2 is 2.00 bits per heavy atom. The number of halogens is 1. The van der Waals surface area contributed by atoms with Gasteiger partial charge in [0.05, 0.1) is 5.92 Å². The summed E-state index contributed by atoms with van der Waals surface area (Å²) >= 11 is 5.94. The van der Waals surface area contributed by atoms with Crippen molar-refractivity contribution in [1.29, 1.82) is 0 Å². The van der Waals surface area contributed by atoms with Gasteiger partial charge in [0.15, 0.2) is 5.78 Å². The summed E-state index contributed by atoms with van der Waals surface area (Å²) in [6, 6.07) is 7.74. The van der Waals surface area contributed by atoms with Gasteiger partial charge in [0.1, 0.15) is 11.7 Å². The van der Waals surface area contributed by atoms with E-state index in [0.717, 1.165) is 18.5 Å². The molecular formula is C25H30ClNO5. The molecule has 1 heterocycles. The van der Waals surface area contributed by atoms with E-state index in [-0.39, 0.29) is 35.5 Å². The molecule has 0 aromatic heterocycles. The molecule has 1 saturated carbocycles. The third-order valence-corrected chi connectivity index (χ3v) is 7.58. The number of nitrogens with one attached hydrogen (secondary N) is 1. The van der Waals surface area contributed by atoms with Crippen LogP contribution in [0.1, 0.15) is 45.6 Å². The molecule has 0 spiro atoms. The van der Waals surface area contributed by atoms with Crippen LogP contribution in [0.2, 0.25) is 5.02 Å². The average molecular weight is 460 g/mol. The Bertz CT molecular complexity index is 956. The first kappa shape index (κ1) is 23.0. The van der Waals surface area contributed by atoms with E-state index in [4.69, 9.17) is 21.1 Å². The molecule has 1 aromatic carbocycles. The van der Waals surface area contributed by atoms with Crippen molar-refractivity contribution in [3.05, 3.63) is 46.0 Å². The van der Waals surface area contributed by atoms with Gasteiger partial charge in [-0.3, -0.25) is 14.4 Å². The minimum Gasteiger partial charge on any atom is -0.459 e. The lowest BCUT2D eigenvalue weighted by Crippen LogP contribution is -2.40. The Morgan fingerprint density at radius 1 is 1.28 bits per heavy atom. The van der Waals surface area contributed by atoms with Crippen LogP contribution in [0.3, 0.4) is 0 Å². The summed E-state index contributed by atoms with van der Waals surface area (Å²) in [6.07, 6.45) is 2.01. The van der Waals surface area contributed by atoms with Crippen LogP contribution in [0.15, 0.2) is 35.4 Å². The molecule has 5 atom stereocenters. The highest BCUT2D eigenvalue weighted by atomic mass is 35.5. The van der Waals surface area contributed by atoms with Gasteiger partial charge in [0.25, 0.3) is 0 Å². The number of Topliss-reactive ketones (excluding diaryl/α,β-unsaturated/α-hetero) is 1. The quantitative estimate of drug-likeness (QED) is 0.516. The van der Waals surface area contributed by atoms with Crippen LogP contribution in [0.5, 0.6) is 0 Å². The minimum atomic E-state index is -0.766. The van der Waals surface area contributed by atoms with Crippen LogP contribution >= 0.6 is 11.6 Å². The topological polar surface area (TPSA) is 81.7 Å². The molecule has 0 bridgehead atoms. The van der Waals surface area contributed by atoms with Crippen LogP contribution in [0, 0.1) is 17.8 Å². The van der Waals surface area contributed by atoms with E-state index in [1.807, 2.05) is 31.2 Å². The summed E-state index contributed by atoms with van der Waals surface area (Å²) in [4.78, 5) is 37.2. The largest absolute Gasteiger partial charge is 0.459 e. The number of carbonyl (C=O) groups is 3. The maximum atomic E-state index is 12.8. The number of carbonyl (C=O) groups excluding carboxylic acids is 3. The summed E-state index contributed by atoms with van der Waals surface area (Å²) in [6.45, 7) is 6.37. The number of fused-ring (bicyclic) bond motifs is 3. The number of benzene rings is 1. The monoisotopic (exact) mass is 459 g/mol. The summed E-state index contributed by atoms with van der Waals surface area (Å²) in [5, 5.41) is 4.12. The van der Waals surface area contributed by atoms with E-state index in [2.05, 4.69) is 5.32 Å². The van der Waals surface area contributed by atoms with E-state index in [9.17, 15) is 14.4 Å². The van der Waals surface area contributed by atoms with Gasteiger partial charge in [-0.15, -0.1) is 0 Å². The summed E-state index contributed by atoms with van der Waals surface area (Å²) in [5.74, 6) is -1.09. The maximum absolute atomic E-state index is 12.8. The third kappa shape index (κ3) is 4.35. The number of allylic oxidation sites excluding steroid dienone is 1. The fourth-order valence-electron chi connectivity index (χ4n) is 5.61. The molecule has 4 rings (SSSR count). The van der Waals surface area contributed by atoms with Crippen molar-refractivity contribution in [3.63, 3.8) is 0 Å². The van der Waals surface area contributed by atoms with Gasteiger partial charge < -0.3 is 14.8 Å². The smallest absolute Gasteiger partial charge is 0.311 e. The van der Waals surface area contributed by atoms with Gasteiger partial charge in [0, 0.05) is 36.7 Å². The van der Waals surface area contributed by atoms with E-state index in [1.165, 1.54) is 12.5 Å². The van der Waals surface area contributed by atoms with Crippen molar-refractivity contribution in [2.45, 2.75) is 58.2 Å². The number of esters is 2. The molecule has 1 aromatic rings. The molecule has 6 nitrogen and oxygen atoms in total. The van der Waals surface area contributed by atoms with Crippen molar-refractivity contribution >= 4 is 29.3 Å². The molecule has 0 radical (unpaired) electrons. The van der Waals surface area contributed by atoms with Crippen LogP contribution in [-0.4, -0.2) is 42.5 Å². The zero-order valence-electron chi connectivity index (χ0n) is 18.8. The molecule has 172 valence electrons. The lowest BCUT2D eigenvalue weighted by Gasteiger charge is -2.35. The van der Waals surface area contributed by atoms with Gasteiger partial charge in [-0.25, -0.2) is 0 Å². The lowest BCUT2D eigenvalue weighted by molar-refractivity contribution is -0.161. The Kier molecular flexibility index (Phi) is 6.46. The molecule has 1 aliphatic heterocycles. The average Bonchev–Trinajstić information content (AvgIpc) is 3.17. The van der Waals surface area contributed by atoms with Crippen LogP contribution < -0.4 is 5.32 Å². The van der Waals surface area contributed by atoms with Crippen molar-refractivity contribution in [2.75, 3.05) is 13.1 Å². The second kappa shape index (κ2) is 8.99. The number of hydrogen-bond acceptors (Lipinski definition) is 6. The zero-order chi connectivity index (χ0) is 23.0. The predicted octanol–water partition coefficient (Wildman–Crippen LogP) is 3.65. The number of ether oxygens (including phenoxy) is 2. The zero-order valence-corrected chi connectivity index (χ0v) is 19.5. The molecule has 1 N–H and O–H groups in total. The van der Waals surface area contributed by atoms with Crippen molar-refractivity contribution in [2.24, 2.45) is 17.8 Å².